The highest BCUT2D eigenvalue weighted by Gasteiger charge is 2.38. The highest BCUT2D eigenvalue weighted by Crippen LogP contribution is 2.24. The molecule has 1 saturated heterocycles. The van der Waals surface area contributed by atoms with Gasteiger partial charge in [-0.15, -0.1) is 0 Å². The molecule has 0 aliphatic carbocycles. The molecule has 1 amide bonds. The molecular formula is C17H24N2O3. The first-order valence-electron chi connectivity index (χ1n) is 7.64. The van der Waals surface area contributed by atoms with Crippen LogP contribution in [0.25, 0.3) is 0 Å². The van der Waals surface area contributed by atoms with Gasteiger partial charge in [-0.3, -0.25) is 4.79 Å². The van der Waals surface area contributed by atoms with Crippen LogP contribution in [0, 0.1) is 0 Å². The molecule has 0 saturated carbocycles. The normalized spacial score (nSPS) is 19.8. The number of nitrogens with zero attached hydrogens (tertiary/aromatic N) is 1. The maximum atomic E-state index is 12.5. The van der Waals surface area contributed by atoms with E-state index < -0.39 is 17.7 Å². The number of hydrogen-bond donors (Lipinski definition) is 1. The van der Waals surface area contributed by atoms with Crippen molar-refractivity contribution < 1.29 is 14.3 Å². The van der Waals surface area contributed by atoms with Gasteiger partial charge in [-0.1, -0.05) is 30.3 Å². The Morgan fingerprint density at radius 1 is 1.27 bits per heavy atom. The zero-order valence-corrected chi connectivity index (χ0v) is 13.4. The average molecular weight is 304 g/mol. The molecule has 2 rings (SSSR count). The van der Waals surface area contributed by atoms with E-state index in [-0.39, 0.29) is 11.8 Å². The fraction of sp³-hybridized carbons (Fsp3) is 0.529. The topological polar surface area (TPSA) is 72.6 Å². The third-order valence-electron chi connectivity index (χ3n) is 3.70. The summed E-state index contributed by atoms with van der Waals surface area (Å²) in [6.07, 6.45) is 1.16. The second-order valence-corrected chi connectivity index (χ2v) is 6.64. The Kier molecular flexibility index (Phi) is 4.86. The minimum atomic E-state index is -0.725. The number of amides is 1. The number of rotatable bonds is 3. The highest BCUT2D eigenvalue weighted by molar-refractivity contribution is 6.00. The number of Topliss-reactive ketones (excluding diaryl/α,β-unsaturated/α-hetero) is 1. The van der Waals surface area contributed by atoms with Crippen molar-refractivity contribution >= 4 is 11.9 Å². The van der Waals surface area contributed by atoms with Crippen LogP contribution in [0.2, 0.25) is 0 Å². The van der Waals surface area contributed by atoms with Crippen molar-refractivity contribution in [3.63, 3.8) is 0 Å². The molecule has 5 heteroatoms. The van der Waals surface area contributed by atoms with Crippen molar-refractivity contribution in [3.8, 4) is 0 Å². The molecule has 1 aromatic carbocycles. The van der Waals surface area contributed by atoms with Crippen LogP contribution in [-0.2, 0) is 4.74 Å². The van der Waals surface area contributed by atoms with E-state index in [2.05, 4.69) is 0 Å². The molecule has 22 heavy (non-hydrogen) atoms. The van der Waals surface area contributed by atoms with Crippen LogP contribution >= 0.6 is 0 Å². The summed E-state index contributed by atoms with van der Waals surface area (Å²) < 4.78 is 5.41. The molecule has 1 unspecified atom stereocenters. The SMILES string of the molecule is CC(C)(C)OC(=O)N1CCC[C@H]1C(N)C(=O)c1ccccc1. The number of likely N-dealkylation sites (tertiary alicyclic amines) is 1. The van der Waals surface area contributed by atoms with Gasteiger partial charge in [0.05, 0.1) is 12.1 Å². The van der Waals surface area contributed by atoms with Crippen molar-refractivity contribution in [1.29, 1.82) is 0 Å². The van der Waals surface area contributed by atoms with E-state index in [0.717, 1.165) is 12.8 Å². The lowest BCUT2D eigenvalue weighted by Gasteiger charge is -2.31. The van der Waals surface area contributed by atoms with Crippen LogP contribution in [0.3, 0.4) is 0 Å². The van der Waals surface area contributed by atoms with Crippen LogP contribution in [0.15, 0.2) is 30.3 Å². The monoisotopic (exact) mass is 304 g/mol. The van der Waals surface area contributed by atoms with Gasteiger partial charge in [0.25, 0.3) is 0 Å². The van der Waals surface area contributed by atoms with Crippen molar-refractivity contribution in [1.82, 2.24) is 4.90 Å². The molecule has 2 atom stereocenters. The van der Waals surface area contributed by atoms with E-state index in [1.54, 1.807) is 29.2 Å². The molecule has 0 aromatic heterocycles. The fourth-order valence-electron chi connectivity index (χ4n) is 2.68. The minimum absolute atomic E-state index is 0.138. The number of hydrogen-bond acceptors (Lipinski definition) is 4. The summed E-state index contributed by atoms with van der Waals surface area (Å²) in [5.41, 5.74) is 6.16. The number of carbonyl (C=O) groups excluding carboxylic acids is 2. The van der Waals surface area contributed by atoms with Crippen LogP contribution < -0.4 is 5.73 Å². The van der Waals surface area contributed by atoms with E-state index in [9.17, 15) is 9.59 Å². The second-order valence-electron chi connectivity index (χ2n) is 6.64. The van der Waals surface area contributed by atoms with Crippen molar-refractivity contribution in [2.75, 3.05) is 6.54 Å². The smallest absolute Gasteiger partial charge is 0.410 e. The van der Waals surface area contributed by atoms with E-state index in [1.165, 1.54) is 0 Å². The van der Waals surface area contributed by atoms with Crippen LogP contribution in [0.1, 0.15) is 44.0 Å². The van der Waals surface area contributed by atoms with Crippen LogP contribution in [0.4, 0.5) is 4.79 Å². The Morgan fingerprint density at radius 3 is 2.50 bits per heavy atom. The average Bonchev–Trinajstić information content (AvgIpc) is 2.94. The molecule has 5 nitrogen and oxygen atoms in total. The fourth-order valence-corrected chi connectivity index (χ4v) is 2.68. The van der Waals surface area contributed by atoms with Gasteiger partial charge in [0.2, 0.25) is 0 Å². The van der Waals surface area contributed by atoms with Crippen molar-refractivity contribution in [3.05, 3.63) is 35.9 Å². The van der Waals surface area contributed by atoms with Gasteiger partial charge in [0.1, 0.15) is 5.60 Å². The lowest BCUT2D eigenvalue weighted by Crippen LogP contribution is -2.51. The van der Waals surface area contributed by atoms with Gasteiger partial charge in [-0.05, 0) is 33.6 Å². The molecule has 0 radical (unpaired) electrons. The summed E-state index contributed by atoms with van der Waals surface area (Å²) in [5.74, 6) is -0.138. The Balaban J connectivity index is 2.10. The summed E-state index contributed by atoms with van der Waals surface area (Å²) >= 11 is 0. The predicted octanol–water partition coefficient (Wildman–Crippen LogP) is 2.60. The molecule has 1 heterocycles. The van der Waals surface area contributed by atoms with Gasteiger partial charge in [-0.2, -0.15) is 0 Å². The third kappa shape index (κ3) is 3.85. The zero-order valence-electron chi connectivity index (χ0n) is 13.4. The van der Waals surface area contributed by atoms with Crippen molar-refractivity contribution in [2.45, 2.75) is 51.3 Å². The molecule has 1 aromatic rings. The van der Waals surface area contributed by atoms with Gasteiger partial charge in [0, 0.05) is 12.1 Å². The lowest BCUT2D eigenvalue weighted by atomic mass is 9.97. The minimum Gasteiger partial charge on any atom is -0.444 e. The zero-order chi connectivity index (χ0) is 16.3. The number of benzene rings is 1. The Morgan fingerprint density at radius 2 is 1.91 bits per heavy atom. The Bertz CT molecular complexity index is 537. The highest BCUT2D eigenvalue weighted by atomic mass is 16.6. The van der Waals surface area contributed by atoms with E-state index in [1.807, 2.05) is 26.8 Å². The number of nitrogens with two attached hydrogens (primary N) is 1. The molecule has 0 bridgehead atoms. The first-order chi connectivity index (χ1) is 10.3. The maximum Gasteiger partial charge on any atom is 0.410 e. The Labute approximate surface area is 131 Å². The standard InChI is InChI=1S/C17H24N2O3/c1-17(2,3)22-16(21)19-11-7-10-13(19)14(18)15(20)12-8-5-4-6-9-12/h4-6,8-9,13-14H,7,10-11,18H2,1-3H3/t13-,14?/m0/s1. The van der Waals surface area contributed by atoms with E-state index in [4.69, 9.17) is 10.5 Å². The lowest BCUT2D eigenvalue weighted by molar-refractivity contribution is 0.0210. The molecule has 0 spiro atoms. The van der Waals surface area contributed by atoms with Gasteiger partial charge >= 0.3 is 6.09 Å². The van der Waals surface area contributed by atoms with E-state index >= 15 is 0 Å². The largest absolute Gasteiger partial charge is 0.444 e. The maximum absolute atomic E-state index is 12.5. The number of carbonyl (C=O) groups is 2. The number of ketones is 1. The second kappa shape index (κ2) is 6.48. The predicted molar refractivity (Wildman–Crippen MR) is 84.7 cm³/mol. The first-order valence-corrected chi connectivity index (χ1v) is 7.64. The molecule has 1 aliphatic heterocycles. The third-order valence-corrected chi connectivity index (χ3v) is 3.70. The summed E-state index contributed by atoms with van der Waals surface area (Å²) in [6.45, 7) is 6.05. The molecule has 1 fully saturated rings. The van der Waals surface area contributed by atoms with Gasteiger partial charge in [-0.25, -0.2) is 4.79 Å². The Hall–Kier alpha value is -1.88. The molecule has 1 aliphatic rings. The quantitative estimate of drug-likeness (QED) is 0.871. The summed E-state index contributed by atoms with van der Waals surface area (Å²) in [4.78, 5) is 26.3. The molecule has 2 N–H and O–H groups in total. The van der Waals surface area contributed by atoms with Crippen molar-refractivity contribution in [2.24, 2.45) is 5.73 Å². The van der Waals surface area contributed by atoms with Crippen LogP contribution in [-0.4, -0.2) is 41.0 Å². The molecule has 120 valence electrons. The summed E-state index contributed by atoms with van der Waals surface area (Å²) in [6, 6.07) is 7.93. The summed E-state index contributed by atoms with van der Waals surface area (Å²) in [7, 11) is 0. The van der Waals surface area contributed by atoms with Gasteiger partial charge < -0.3 is 15.4 Å². The number of ether oxygens (including phenoxy) is 1. The van der Waals surface area contributed by atoms with E-state index in [0.29, 0.717) is 12.1 Å². The molecular weight excluding hydrogens is 280 g/mol. The summed E-state index contributed by atoms with van der Waals surface area (Å²) in [5, 5.41) is 0. The first kappa shape index (κ1) is 16.5. The van der Waals surface area contributed by atoms with Crippen LogP contribution in [0.5, 0.6) is 0 Å². The van der Waals surface area contributed by atoms with Gasteiger partial charge in [0.15, 0.2) is 5.78 Å².